The van der Waals surface area contributed by atoms with E-state index in [4.69, 9.17) is 0 Å². The number of halogens is 6. The molecule has 0 spiro atoms. The molecule has 0 saturated carbocycles. The summed E-state index contributed by atoms with van der Waals surface area (Å²) in [4.78, 5) is 0. The monoisotopic (exact) mass is 334 g/mol. The Morgan fingerprint density at radius 3 is 1.16 bits per heavy atom. The van der Waals surface area contributed by atoms with Gasteiger partial charge in [0, 0.05) is 0 Å². The maximum atomic E-state index is 9.87. The fourth-order valence-electron chi connectivity index (χ4n) is 1.30. The summed E-state index contributed by atoms with van der Waals surface area (Å²) in [5.74, 6) is 2.97. The summed E-state index contributed by atoms with van der Waals surface area (Å²) in [5.41, 5.74) is 0. The Labute approximate surface area is 114 Å². The quantitative estimate of drug-likeness (QED) is 0.194. The average molecular weight is 334 g/mol. The molecule has 0 aliphatic rings. The first-order valence-corrected chi connectivity index (χ1v) is 10.4. The van der Waals surface area contributed by atoms with Crippen LogP contribution in [0.2, 0.25) is 0 Å². The van der Waals surface area contributed by atoms with Crippen molar-refractivity contribution in [3.8, 4) is 0 Å². The van der Waals surface area contributed by atoms with Crippen molar-refractivity contribution in [2.24, 2.45) is 0 Å². The minimum atomic E-state index is -10.7. The number of hydrogen-bond donors (Lipinski definition) is 0. The molecule has 0 aliphatic heterocycles. The van der Waals surface area contributed by atoms with Crippen LogP contribution >= 0.6 is 7.81 Å². The molecule has 0 radical (unpaired) electrons. The summed E-state index contributed by atoms with van der Waals surface area (Å²) in [6.07, 6.45) is 11.0. The second kappa shape index (κ2) is 7.96. The van der Waals surface area contributed by atoms with Crippen LogP contribution in [0, 0.1) is 0 Å². The number of hydrogen-bond acceptors (Lipinski definition) is 0. The topological polar surface area (TPSA) is 0 Å². The molecule has 122 valence electrons. The third-order valence-electron chi connectivity index (χ3n) is 2.19. The van der Waals surface area contributed by atoms with Gasteiger partial charge in [0.15, 0.2) is 0 Å². The fourth-order valence-corrected chi connectivity index (χ4v) is 2.90. The molecule has 0 aromatic rings. The molecule has 0 amide bonds. The van der Waals surface area contributed by atoms with Crippen LogP contribution in [-0.2, 0) is 10.9 Å². The van der Waals surface area contributed by atoms with E-state index in [-0.39, 0.29) is 0 Å². The number of rotatable bonds is 8. The third-order valence-corrected chi connectivity index (χ3v) is 4.16. The SMILES string of the molecule is CCCCC[S+](C)CCCCC.F[P-](F)(F)(F)(F)F. The van der Waals surface area contributed by atoms with Crippen molar-refractivity contribution < 1.29 is 25.2 Å². The molecule has 0 rings (SSSR count). The molecule has 0 nitrogen and oxygen atoms in total. The van der Waals surface area contributed by atoms with Crippen molar-refractivity contribution in [1.29, 1.82) is 0 Å². The van der Waals surface area contributed by atoms with E-state index in [9.17, 15) is 25.2 Å². The first-order chi connectivity index (χ1) is 8.26. The van der Waals surface area contributed by atoms with E-state index < -0.39 is 7.81 Å². The Kier molecular flexibility index (Phi) is 9.08. The van der Waals surface area contributed by atoms with E-state index in [1.54, 1.807) is 0 Å². The molecular weight excluding hydrogens is 309 g/mol. The third kappa shape index (κ3) is 45.8. The second-order valence-corrected chi connectivity index (χ2v) is 8.86. The van der Waals surface area contributed by atoms with Gasteiger partial charge in [0.1, 0.15) is 11.5 Å². The minimum absolute atomic E-state index is 0.727. The first kappa shape index (κ1) is 21.7. The molecule has 0 aliphatic carbocycles. The van der Waals surface area contributed by atoms with Crippen LogP contribution in [0.1, 0.15) is 52.4 Å². The van der Waals surface area contributed by atoms with Gasteiger partial charge in [-0.2, -0.15) is 0 Å². The van der Waals surface area contributed by atoms with E-state index >= 15 is 0 Å². The van der Waals surface area contributed by atoms with Gasteiger partial charge in [-0.05, 0) is 36.6 Å². The Hall–Kier alpha value is 0.360. The van der Waals surface area contributed by atoms with Crippen molar-refractivity contribution in [1.82, 2.24) is 0 Å². The normalized spacial score (nSPS) is 15.5. The first-order valence-electron chi connectivity index (χ1n) is 6.41. The van der Waals surface area contributed by atoms with Gasteiger partial charge in [-0.15, -0.1) is 0 Å². The summed E-state index contributed by atoms with van der Waals surface area (Å²) in [6.45, 7) is 4.57. The molecule has 0 heterocycles. The molecule has 0 fully saturated rings. The van der Waals surface area contributed by atoms with Crippen molar-refractivity contribution in [2.45, 2.75) is 52.4 Å². The Morgan fingerprint density at radius 1 is 0.684 bits per heavy atom. The average Bonchev–Trinajstić information content (AvgIpc) is 2.14. The van der Waals surface area contributed by atoms with Crippen molar-refractivity contribution >= 4 is 18.7 Å². The predicted octanol–water partition coefficient (Wildman–Crippen LogP) is 7.00. The van der Waals surface area contributed by atoms with Gasteiger partial charge in [0.2, 0.25) is 0 Å². The molecule has 0 unspecified atom stereocenters. The van der Waals surface area contributed by atoms with Gasteiger partial charge in [0.05, 0.1) is 6.26 Å². The van der Waals surface area contributed by atoms with Gasteiger partial charge < -0.3 is 0 Å². The Bertz CT molecular complexity index is 203. The molecule has 0 atom stereocenters. The summed E-state index contributed by atoms with van der Waals surface area (Å²) in [5, 5.41) is 0. The Morgan fingerprint density at radius 2 is 0.947 bits per heavy atom. The van der Waals surface area contributed by atoms with Gasteiger partial charge in [-0.1, -0.05) is 26.7 Å². The van der Waals surface area contributed by atoms with Crippen molar-refractivity contribution in [3.63, 3.8) is 0 Å². The summed E-state index contributed by atoms with van der Waals surface area (Å²) in [7, 11) is -9.93. The van der Waals surface area contributed by atoms with E-state index in [2.05, 4.69) is 20.1 Å². The van der Waals surface area contributed by atoms with Gasteiger partial charge in [0.25, 0.3) is 0 Å². The molecule has 8 heteroatoms. The van der Waals surface area contributed by atoms with Gasteiger partial charge in [-0.3, -0.25) is 0 Å². The zero-order valence-electron chi connectivity index (χ0n) is 11.8. The van der Waals surface area contributed by atoms with E-state index in [0.29, 0.717) is 0 Å². The van der Waals surface area contributed by atoms with Crippen LogP contribution in [0.5, 0.6) is 0 Å². The van der Waals surface area contributed by atoms with Crippen LogP contribution in [0.4, 0.5) is 25.2 Å². The summed E-state index contributed by atoms with van der Waals surface area (Å²) < 4.78 is 59.2. The summed E-state index contributed by atoms with van der Waals surface area (Å²) in [6, 6.07) is 0. The maximum absolute atomic E-state index is 10.7. The molecule has 0 saturated heterocycles. The standard InChI is InChI=1S/C11H25S.F6P/c1-4-6-8-10-12(3)11-9-7-5-2;1-7(2,3,4,5)6/h4-11H2,1-3H3;/q+1;-1. The van der Waals surface area contributed by atoms with Crippen LogP contribution in [0.15, 0.2) is 0 Å². The zero-order chi connectivity index (χ0) is 15.6. The predicted molar refractivity (Wildman–Crippen MR) is 75.6 cm³/mol. The van der Waals surface area contributed by atoms with E-state index in [1.807, 2.05) is 0 Å². The summed E-state index contributed by atoms with van der Waals surface area (Å²) >= 11 is 0. The fraction of sp³-hybridized carbons (Fsp3) is 1.00. The molecule has 19 heavy (non-hydrogen) atoms. The van der Waals surface area contributed by atoms with Crippen molar-refractivity contribution in [3.05, 3.63) is 0 Å². The molecular formula is C11H25F6PS. The van der Waals surface area contributed by atoms with Crippen molar-refractivity contribution in [2.75, 3.05) is 17.8 Å². The van der Waals surface area contributed by atoms with Gasteiger partial charge >= 0.3 is 33.0 Å². The molecule has 0 aromatic heterocycles. The number of unbranched alkanes of at least 4 members (excludes halogenated alkanes) is 4. The van der Waals surface area contributed by atoms with Gasteiger partial charge in [-0.25, -0.2) is 0 Å². The molecule has 0 aromatic carbocycles. The van der Waals surface area contributed by atoms with Crippen LogP contribution in [0.3, 0.4) is 0 Å². The second-order valence-electron chi connectivity index (χ2n) is 4.56. The van der Waals surface area contributed by atoms with Crippen LogP contribution in [0.25, 0.3) is 0 Å². The zero-order valence-corrected chi connectivity index (χ0v) is 13.5. The van der Waals surface area contributed by atoms with Crippen LogP contribution < -0.4 is 0 Å². The van der Waals surface area contributed by atoms with Crippen LogP contribution in [-0.4, -0.2) is 17.8 Å². The van der Waals surface area contributed by atoms with E-state index in [1.165, 1.54) is 50.0 Å². The molecule has 0 N–H and O–H groups in total. The molecule has 0 bridgehead atoms. The Balaban J connectivity index is 0. The van der Waals surface area contributed by atoms with E-state index in [0.717, 1.165) is 10.9 Å².